The van der Waals surface area contributed by atoms with Crippen molar-refractivity contribution in [2.45, 2.75) is 43.9 Å². The first-order valence-corrected chi connectivity index (χ1v) is 10.4. The lowest BCUT2D eigenvalue weighted by atomic mass is 10.2. The van der Waals surface area contributed by atoms with E-state index in [0.717, 1.165) is 48.3 Å². The van der Waals surface area contributed by atoms with Crippen molar-refractivity contribution in [2.24, 2.45) is 0 Å². The number of aryl methyl sites for hydroxylation is 1. The largest absolute Gasteiger partial charge is 0.343 e. The Balaban J connectivity index is 1.55. The summed E-state index contributed by atoms with van der Waals surface area (Å²) < 4.78 is 4.03. The van der Waals surface area contributed by atoms with Crippen LogP contribution in [-0.2, 0) is 19.5 Å². The van der Waals surface area contributed by atoms with Crippen molar-refractivity contribution < 1.29 is 4.79 Å². The predicted octanol–water partition coefficient (Wildman–Crippen LogP) is 2.84. The fourth-order valence-electron chi connectivity index (χ4n) is 3.39. The summed E-state index contributed by atoms with van der Waals surface area (Å²) in [6.07, 6.45) is 8.02. The molecule has 1 N–H and O–H groups in total. The van der Waals surface area contributed by atoms with Gasteiger partial charge in [0.2, 0.25) is 0 Å². The van der Waals surface area contributed by atoms with Crippen molar-refractivity contribution >= 4 is 17.7 Å². The number of fused-ring (bicyclic) bond motifs is 1. The highest BCUT2D eigenvalue weighted by Crippen LogP contribution is 2.21. The van der Waals surface area contributed by atoms with E-state index in [1.54, 1.807) is 6.20 Å². The lowest BCUT2D eigenvalue weighted by molar-refractivity contribution is 0.0942. The van der Waals surface area contributed by atoms with Crippen LogP contribution in [-0.4, -0.2) is 36.5 Å². The molecule has 0 radical (unpaired) electrons. The summed E-state index contributed by atoms with van der Waals surface area (Å²) >= 11 is 1.51. The number of imidazole rings is 1. The van der Waals surface area contributed by atoms with Gasteiger partial charge in [0.15, 0.2) is 11.0 Å². The number of para-hydroxylation sites is 1. The molecule has 2 aromatic heterocycles. The maximum atomic E-state index is 12.9. The second kappa shape index (κ2) is 7.96. The van der Waals surface area contributed by atoms with E-state index in [9.17, 15) is 4.79 Å². The van der Waals surface area contributed by atoms with E-state index in [2.05, 4.69) is 25.1 Å². The number of thioether (sulfide) groups is 1. The van der Waals surface area contributed by atoms with Crippen molar-refractivity contribution in [1.82, 2.24) is 29.6 Å². The molecule has 0 fully saturated rings. The van der Waals surface area contributed by atoms with Crippen LogP contribution in [0.15, 0.2) is 41.7 Å². The summed E-state index contributed by atoms with van der Waals surface area (Å²) in [7, 11) is 0. The molecular weight excluding hydrogens is 360 g/mol. The molecule has 4 rings (SSSR count). The highest BCUT2D eigenvalue weighted by Gasteiger charge is 2.19. The van der Waals surface area contributed by atoms with Crippen molar-refractivity contribution in [3.63, 3.8) is 0 Å². The van der Waals surface area contributed by atoms with E-state index < -0.39 is 0 Å². The summed E-state index contributed by atoms with van der Waals surface area (Å²) in [5.41, 5.74) is 1.43. The van der Waals surface area contributed by atoms with Gasteiger partial charge in [0.25, 0.3) is 5.91 Å². The normalized spacial score (nSPS) is 13.8. The van der Waals surface area contributed by atoms with E-state index in [-0.39, 0.29) is 5.91 Å². The van der Waals surface area contributed by atoms with Crippen LogP contribution in [0.4, 0.5) is 0 Å². The van der Waals surface area contributed by atoms with Crippen LogP contribution in [0.5, 0.6) is 0 Å². The number of aromatic nitrogens is 5. The SMILES string of the molecule is CSc1ncc(C(=O)NCc2nnc3n2CCCCC3)n1-c1ccccc1. The van der Waals surface area contributed by atoms with E-state index in [1.807, 2.05) is 41.2 Å². The third-order valence-electron chi connectivity index (χ3n) is 4.75. The molecule has 0 unspecified atom stereocenters. The lowest BCUT2D eigenvalue weighted by Gasteiger charge is -2.11. The van der Waals surface area contributed by atoms with Gasteiger partial charge in [-0.1, -0.05) is 36.4 Å². The maximum absolute atomic E-state index is 12.9. The van der Waals surface area contributed by atoms with E-state index in [0.29, 0.717) is 12.2 Å². The second-order valence-corrected chi connectivity index (χ2v) is 7.25. The summed E-state index contributed by atoms with van der Waals surface area (Å²) in [5.74, 6) is 1.67. The van der Waals surface area contributed by atoms with Gasteiger partial charge >= 0.3 is 0 Å². The van der Waals surface area contributed by atoms with E-state index >= 15 is 0 Å². The molecule has 1 aliphatic heterocycles. The Morgan fingerprint density at radius 1 is 1.19 bits per heavy atom. The zero-order chi connectivity index (χ0) is 18.6. The van der Waals surface area contributed by atoms with Crippen LogP contribution in [0, 0.1) is 0 Å². The highest BCUT2D eigenvalue weighted by atomic mass is 32.2. The van der Waals surface area contributed by atoms with Crippen LogP contribution in [0.2, 0.25) is 0 Å². The molecular formula is C19H22N6OS. The number of amides is 1. The Kier molecular flexibility index (Phi) is 5.24. The summed E-state index contributed by atoms with van der Waals surface area (Å²) in [5, 5.41) is 12.3. The maximum Gasteiger partial charge on any atom is 0.270 e. The molecule has 140 valence electrons. The van der Waals surface area contributed by atoms with Gasteiger partial charge in [-0.05, 0) is 31.2 Å². The number of nitrogens with one attached hydrogen (secondary N) is 1. The number of benzene rings is 1. The van der Waals surface area contributed by atoms with Crippen LogP contribution in [0.3, 0.4) is 0 Å². The number of hydrogen-bond acceptors (Lipinski definition) is 5. The van der Waals surface area contributed by atoms with Gasteiger partial charge in [-0.25, -0.2) is 4.98 Å². The third-order valence-corrected chi connectivity index (χ3v) is 5.41. The molecule has 1 amide bonds. The predicted molar refractivity (Wildman–Crippen MR) is 104 cm³/mol. The van der Waals surface area contributed by atoms with E-state index in [4.69, 9.17) is 0 Å². The van der Waals surface area contributed by atoms with Gasteiger partial charge in [0, 0.05) is 18.7 Å². The number of rotatable bonds is 5. The summed E-state index contributed by atoms with van der Waals surface area (Å²) in [6.45, 7) is 1.28. The number of nitrogens with zero attached hydrogens (tertiary/aromatic N) is 5. The van der Waals surface area contributed by atoms with Gasteiger partial charge in [0.1, 0.15) is 11.5 Å². The lowest BCUT2D eigenvalue weighted by Crippen LogP contribution is -2.27. The van der Waals surface area contributed by atoms with E-state index in [1.165, 1.54) is 18.2 Å². The van der Waals surface area contributed by atoms with Crippen LogP contribution >= 0.6 is 11.8 Å². The monoisotopic (exact) mass is 382 g/mol. The molecule has 0 bridgehead atoms. The minimum absolute atomic E-state index is 0.169. The Morgan fingerprint density at radius 2 is 2.04 bits per heavy atom. The topological polar surface area (TPSA) is 77.6 Å². The molecule has 1 aliphatic rings. The Morgan fingerprint density at radius 3 is 2.85 bits per heavy atom. The first-order chi connectivity index (χ1) is 13.3. The molecule has 0 atom stereocenters. The summed E-state index contributed by atoms with van der Waals surface area (Å²) in [4.78, 5) is 17.3. The number of hydrogen-bond donors (Lipinski definition) is 1. The van der Waals surface area contributed by atoms with Gasteiger partial charge < -0.3 is 9.88 Å². The van der Waals surface area contributed by atoms with Crippen LogP contribution in [0.1, 0.15) is 41.4 Å². The molecule has 8 heteroatoms. The molecule has 0 spiro atoms. The molecule has 0 saturated heterocycles. The third kappa shape index (κ3) is 3.62. The van der Waals surface area contributed by atoms with Gasteiger partial charge in [-0.15, -0.1) is 10.2 Å². The quantitative estimate of drug-likeness (QED) is 0.687. The zero-order valence-corrected chi connectivity index (χ0v) is 16.1. The first kappa shape index (κ1) is 17.8. The molecule has 27 heavy (non-hydrogen) atoms. The average molecular weight is 382 g/mol. The highest BCUT2D eigenvalue weighted by molar-refractivity contribution is 7.98. The fourth-order valence-corrected chi connectivity index (χ4v) is 3.94. The van der Waals surface area contributed by atoms with Gasteiger partial charge in [-0.3, -0.25) is 9.36 Å². The molecule has 7 nitrogen and oxygen atoms in total. The molecule has 3 heterocycles. The standard InChI is InChI=1S/C19H22N6OS/c1-27-19-21-12-15(25(19)14-8-4-2-5-9-14)18(26)20-13-17-23-22-16-10-6-3-7-11-24(16)17/h2,4-5,8-9,12H,3,6-7,10-11,13H2,1H3,(H,20,26). The van der Waals surface area contributed by atoms with Crippen molar-refractivity contribution in [1.29, 1.82) is 0 Å². The molecule has 0 saturated carbocycles. The fraction of sp³-hybridized carbons (Fsp3) is 0.368. The Bertz CT molecular complexity index is 933. The van der Waals surface area contributed by atoms with Crippen molar-refractivity contribution in [2.75, 3.05) is 6.26 Å². The molecule has 0 aliphatic carbocycles. The Hall–Kier alpha value is -2.61. The van der Waals surface area contributed by atoms with Crippen LogP contribution in [0.25, 0.3) is 5.69 Å². The number of carbonyl (C=O) groups is 1. The van der Waals surface area contributed by atoms with Crippen molar-refractivity contribution in [3.8, 4) is 5.69 Å². The van der Waals surface area contributed by atoms with Crippen LogP contribution < -0.4 is 5.32 Å². The first-order valence-electron chi connectivity index (χ1n) is 9.14. The minimum atomic E-state index is -0.169. The minimum Gasteiger partial charge on any atom is -0.343 e. The average Bonchev–Trinajstić information content (AvgIpc) is 3.23. The van der Waals surface area contributed by atoms with Gasteiger partial charge in [0.05, 0.1) is 12.7 Å². The summed E-state index contributed by atoms with van der Waals surface area (Å²) in [6, 6.07) is 9.79. The zero-order valence-electron chi connectivity index (χ0n) is 15.3. The van der Waals surface area contributed by atoms with Crippen molar-refractivity contribution in [3.05, 3.63) is 53.9 Å². The second-order valence-electron chi connectivity index (χ2n) is 6.48. The molecule has 1 aromatic carbocycles. The van der Waals surface area contributed by atoms with Gasteiger partial charge in [-0.2, -0.15) is 0 Å². The number of carbonyl (C=O) groups excluding carboxylic acids is 1. The molecule has 3 aromatic rings. The Labute approximate surface area is 162 Å². The smallest absolute Gasteiger partial charge is 0.270 e.